The second kappa shape index (κ2) is 7.41. The van der Waals surface area contributed by atoms with Gasteiger partial charge in [-0.15, -0.1) is 0 Å². The average Bonchev–Trinajstić information content (AvgIpc) is 3.14. The highest BCUT2D eigenvalue weighted by molar-refractivity contribution is 5.89. The van der Waals surface area contributed by atoms with E-state index in [0.29, 0.717) is 22.6 Å². The number of methoxy groups -OCH3 is 2. The molecule has 0 saturated carbocycles. The Balaban J connectivity index is 2.20. The molecule has 0 spiro atoms. The minimum absolute atomic E-state index is 0.241. The molecule has 0 fully saturated rings. The van der Waals surface area contributed by atoms with Gasteiger partial charge in [0.25, 0.3) is 0 Å². The lowest BCUT2D eigenvalue weighted by atomic mass is 10.0. The molecule has 0 amide bonds. The van der Waals surface area contributed by atoms with Crippen LogP contribution in [-0.4, -0.2) is 30.0 Å². The number of ether oxygens (including phenoxy) is 3. The van der Waals surface area contributed by atoms with Crippen LogP contribution in [0.15, 0.2) is 42.6 Å². The number of hydrogen-bond donors (Lipinski definition) is 1. The zero-order chi connectivity index (χ0) is 19.6. The lowest BCUT2D eigenvalue weighted by molar-refractivity contribution is -0.132. The number of para-hydroxylation sites is 1. The minimum atomic E-state index is -0.473. The van der Waals surface area contributed by atoms with Crippen molar-refractivity contribution in [2.75, 3.05) is 20.0 Å². The summed E-state index contributed by atoms with van der Waals surface area (Å²) in [6.45, 7) is 3.09. The highest BCUT2D eigenvalue weighted by atomic mass is 16.6. The molecule has 3 aromatic rings. The molecular formula is C20H21N3O4. The van der Waals surface area contributed by atoms with Gasteiger partial charge in [0.1, 0.15) is 5.75 Å². The second-order valence-electron chi connectivity index (χ2n) is 5.88. The predicted molar refractivity (Wildman–Crippen MR) is 103 cm³/mol. The smallest absolute Gasteiger partial charge is 0.308 e. The van der Waals surface area contributed by atoms with Crippen LogP contribution in [0.4, 0.5) is 5.69 Å². The standard InChI is InChI=1S/C20H21N3O4/c1-12-18(25-3)16(17(21)20(26-4)19(12)27-13(2)24)15-10-11-23(22-15)14-8-6-5-7-9-14/h5-11H,21H2,1-4H3. The monoisotopic (exact) mass is 367 g/mol. The number of carbonyl (C=O) groups excluding carboxylic acids is 1. The SMILES string of the molecule is COc1c(N)c(-c2ccn(-c3ccccc3)n2)c(OC)c(C)c1OC(C)=O. The number of nitrogen functional groups attached to an aromatic ring is 1. The summed E-state index contributed by atoms with van der Waals surface area (Å²) in [5.74, 6) is 0.514. The second-order valence-corrected chi connectivity index (χ2v) is 5.88. The Hall–Kier alpha value is -3.48. The van der Waals surface area contributed by atoms with Gasteiger partial charge in [-0.05, 0) is 25.1 Å². The molecule has 2 aromatic carbocycles. The van der Waals surface area contributed by atoms with Crippen molar-refractivity contribution in [3.63, 3.8) is 0 Å². The fraction of sp³-hybridized carbons (Fsp3) is 0.200. The fourth-order valence-corrected chi connectivity index (χ4v) is 2.98. The first-order valence-corrected chi connectivity index (χ1v) is 8.31. The largest absolute Gasteiger partial charge is 0.496 e. The van der Waals surface area contributed by atoms with Crippen LogP contribution in [0.1, 0.15) is 12.5 Å². The van der Waals surface area contributed by atoms with Crippen molar-refractivity contribution in [3.8, 4) is 34.2 Å². The molecule has 140 valence electrons. The lowest BCUT2D eigenvalue weighted by Crippen LogP contribution is -2.09. The molecule has 0 radical (unpaired) electrons. The molecule has 0 atom stereocenters. The Bertz CT molecular complexity index is 981. The van der Waals surface area contributed by atoms with Crippen molar-refractivity contribution < 1.29 is 19.0 Å². The van der Waals surface area contributed by atoms with Gasteiger partial charge in [-0.25, -0.2) is 4.68 Å². The fourth-order valence-electron chi connectivity index (χ4n) is 2.98. The summed E-state index contributed by atoms with van der Waals surface area (Å²) in [7, 11) is 3.00. The van der Waals surface area contributed by atoms with Gasteiger partial charge in [0, 0.05) is 18.7 Å². The number of benzene rings is 2. The third kappa shape index (κ3) is 3.31. The van der Waals surface area contributed by atoms with E-state index in [1.165, 1.54) is 21.1 Å². The molecule has 3 rings (SSSR count). The van der Waals surface area contributed by atoms with E-state index < -0.39 is 5.97 Å². The van der Waals surface area contributed by atoms with Gasteiger partial charge in [0.05, 0.1) is 36.9 Å². The van der Waals surface area contributed by atoms with Gasteiger partial charge in [-0.1, -0.05) is 18.2 Å². The number of rotatable bonds is 5. The highest BCUT2D eigenvalue weighted by Gasteiger charge is 2.26. The van der Waals surface area contributed by atoms with Crippen LogP contribution in [0.5, 0.6) is 17.2 Å². The van der Waals surface area contributed by atoms with Crippen LogP contribution < -0.4 is 19.9 Å². The van der Waals surface area contributed by atoms with Crippen LogP contribution in [-0.2, 0) is 4.79 Å². The van der Waals surface area contributed by atoms with Crippen molar-refractivity contribution in [3.05, 3.63) is 48.2 Å². The Morgan fingerprint density at radius 2 is 1.70 bits per heavy atom. The molecule has 0 bridgehead atoms. The summed E-state index contributed by atoms with van der Waals surface area (Å²) in [4.78, 5) is 11.5. The molecule has 27 heavy (non-hydrogen) atoms. The van der Waals surface area contributed by atoms with Gasteiger partial charge >= 0.3 is 5.97 Å². The third-order valence-corrected chi connectivity index (χ3v) is 4.15. The van der Waals surface area contributed by atoms with Crippen molar-refractivity contribution in [2.45, 2.75) is 13.8 Å². The summed E-state index contributed by atoms with van der Waals surface area (Å²) in [6, 6.07) is 11.6. The first-order valence-electron chi connectivity index (χ1n) is 8.31. The van der Waals surface area contributed by atoms with Crippen molar-refractivity contribution >= 4 is 11.7 Å². The third-order valence-electron chi connectivity index (χ3n) is 4.15. The van der Waals surface area contributed by atoms with Gasteiger partial charge < -0.3 is 19.9 Å². The first kappa shape index (κ1) is 18.3. The number of esters is 1. The summed E-state index contributed by atoms with van der Waals surface area (Å²) in [5.41, 5.74) is 9.35. The number of aromatic nitrogens is 2. The van der Waals surface area contributed by atoms with E-state index in [1.807, 2.05) is 42.6 Å². The highest BCUT2D eigenvalue weighted by Crippen LogP contribution is 2.49. The van der Waals surface area contributed by atoms with E-state index in [0.717, 1.165) is 5.69 Å². The molecule has 0 aliphatic rings. The van der Waals surface area contributed by atoms with E-state index in [-0.39, 0.29) is 17.2 Å². The number of carbonyl (C=O) groups is 1. The molecule has 2 N–H and O–H groups in total. The van der Waals surface area contributed by atoms with Gasteiger partial charge in [-0.2, -0.15) is 5.10 Å². The Labute approximate surface area is 157 Å². The van der Waals surface area contributed by atoms with Crippen LogP contribution in [0.25, 0.3) is 16.9 Å². The normalized spacial score (nSPS) is 10.5. The summed E-state index contributed by atoms with van der Waals surface area (Å²) >= 11 is 0. The van der Waals surface area contributed by atoms with Gasteiger partial charge in [0.2, 0.25) is 0 Å². The average molecular weight is 367 g/mol. The number of nitrogens with zero attached hydrogens (tertiary/aromatic N) is 2. The van der Waals surface area contributed by atoms with Crippen LogP contribution in [0, 0.1) is 6.92 Å². The van der Waals surface area contributed by atoms with E-state index in [4.69, 9.17) is 19.9 Å². The maximum absolute atomic E-state index is 11.5. The summed E-state index contributed by atoms with van der Waals surface area (Å²) < 4.78 is 18.0. The Kier molecular flexibility index (Phi) is 5.03. The van der Waals surface area contributed by atoms with Crippen LogP contribution in [0.2, 0.25) is 0 Å². The molecule has 1 heterocycles. The lowest BCUT2D eigenvalue weighted by Gasteiger charge is -2.19. The molecule has 7 nitrogen and oxygen atoms in total. The van der Waals surface area contributed by atoms with E-state index >= 15 is 0 Å². The quantitative estimate of drug-likeness (QED) is 0.422. The predicted octanol–water partition coefficient (Wildman–Crippen LogP) is 3.37. The maximum Gasteiger partial charge on any atom is 0.308 e. The minimum Gasteiger partial charge on any atom is -0.496 e. The molecule has 0 aliphatic heterocycles. The molecule has 7 heteroatoms. The maximum atomic E-state index is 11.5. The van der Waals surface area contributed by atoms with E-state index in [2.05, 4.69) is 5.10 Å². The molecule has 1 aromatic heterocycles. The summed E-state index contributed by atoms with van der Waals surface area (Å²) in [6.07, 6.45) is 1.84. The first-order chi connectivity index (χ1) is 13.0. The Morgan fingerprint density at radius 1 is 1.04 bits per heavy atom. The van der Waals surface area contributed by atoms with E-state index in [9.17, 15) is 4.79 Å². The molecule has 0 unspecified atom stereocenters. The van der Waals surface area contributed by atoms with Crippen molar-refractivity contribution in [2.24, 2.45) is 0 Å². The molecule has 0 aliphatic carbocycles. The van der Waals surface area contributed by atoms with E-state index in [1.54, 1.807) is 11.6 Å². The number of anilines is 1. The topological polar surface area (TPSA) is 88.6 Å². The van der Waals surface area contributed by atoms with Gasteiger partial charge in [-0.3, -0.25) is 4.79 Å². The number of nitrogens with two attached hydrogens (primary N) is 1. The molecular weight excluding hydrogens is 346 g/mol. The van der Waals surface area contributed by atoms with Gasteiger partial charge in [0.15, 0.2) is 11.5 Å². The Morgan fingerprint density at radius 3 is 2.30 bits per heavy atom. The summed E-state index contributed by atoms with van der Waals surface area (Å²) in [5, 5.41) is 4.62. The van der Waals surface area contributed by atoms with Crippen LogP contribution in [0.3, 0.4) is 0 Å². The molecule has 0 saturated heterocycles. The zero-order valence-electron chi connectivity index (χ0n) is 15.6. The van der Waals surface area contributed by atoms with Crippen molar-refractivity contribution in [1.29, 1.82) is 0 Å². The number of hydrogen-bond acceptors (Lipinski definition) is 6. The zero-order valence-corrected chi connectivity index (χ0v) is 15.6. The van der Waals surface area contributed by atoms with Crippen LogP contribution >= 0.6 is 0 Å². The van der Waals surface area contributed by atoms with Crippen molar-refractivity contribution in [1.82, 2.24) is 9.78 Å².